The Bertz CT molecular complexity index is 594. The van der Waals surface area contributed by atoms with Gasteiger partial charge in [0.05, 0.1) is 11.4 Å². The average Bonchev–Trinajstić information content (AvgIpc) is 2.77. The van der Waals surface area contributed by atoms with Gasteiger partial charge in [-0.15, -0.1) is 0 Å². The maximum absolute atomic E-state index is 11.9. The second-order valence-corrected chi connectivity index (χ2v) is 4.57. The van der Waals surface area contributed by atoms with E-state index in [1.165, 1.54) is 0 Å². The number of aromatic amines is 1. The summed E-state index contributed by atoms with van der Waals surface area (Å²) in [5.74, 6) is -0.298. The van der Waals surface area contributed by atoms with E-state index < -0.39 is 0 Å². The van der Waals surface area contributed by atoms with Crippen LogP contribution in [0.2, 0.25) is 5.02 Å². The molecular formula is C13H15ClN4O. The summed E-state index contributed by atoms with van der Waals surface area (Å²) in [6.07, 6.45) is 0.709. The molecule has 1 aromatic carbocycles. The average molecular weight is 279 g/mol. The van der Waals surface area contributed by atoms with E-state index in [-0.39, 0.29) is 11.6 Å². The van der Waals surface area contributed by atoms with E-state index in [1.807, 2.05) is 19.1 Å². The van der Waals surface area contributed by atoms with Crippen LogP contribution in [0.1, 0.15) is 28.7 Å². The second kappa shape index (κ2) is 5.75. The van der Waals surface area contributed by atoms with Crippen molar-refractivity contribution in [2.45, 2.75) is 19.9 Å². The summed E-state index contributed by atoms with van der Waals surface area (Å²) in [6.45, 7) is 2.32. The van der Waals surface area contributed by atoms with Crippen molar-refractivity contribution in [3.63, 3.8) is 0 Å². The van der Waals surface area contributed by atoms with Crippen molar-refractivity contribution in [3.05, 3.63) is 46.2 Å². The van der Waals surface area contributed by atoms with Crippen LogP contribution in [0.3, 0.4) is 0 Å². The number of H-pyrrole nitrogens is 1. The summed E-state index contributed by atoms with van der Waals surface area (Å²) in [7, 11) is 0. The van der Waals surface area contributed by atoms with Gasteiger partial charge in [0.25, 0.3) is 5.91 Å². The van der Waals surface area contributed by atoms with Crippen LogP contribution in [0.5, 0.6) is 0 Å². The highest BCUT2D eigenvalue weighted by Gasteiger charge is 2.15. The van der Waals surface area contributed by atoms with Crippen LogP contribution in [-0.2, 0) is 13.0 Å². The number of carbonyl (C=O) groups excluding carboxylic acids is 1. The first kappa shape index (κ1) is 13.4. The quantitative estimate of drug-likeness (QED) is 0.801. The zero-order chi connectivity index (χ0) is 13.8. The number of aromatic nitrogens is 2. The maximum Gasteiger partial charge on any atom is 0.274 e. The minimum absolute atomic E-state index is 0.235. The van der Waals surface area contributed by atoms with Gasteiger partial charge in [0.2, 0.25) is 0 Å². The van der Waals surface area contributed by atoms with Crippen molar-refractivity contribution < 1.29 is 4.79 Å². The normalized spacial score (nSPS) is 10.4. The van der Waals surface area contributed by atoms with Gasteiger partial charge in [-0.1, -0.05) is 30.7 Å². The predicted molar refractivity (Wildman–Crippen MR) is 75.0 cm³/mol. The molecule has 0 aliphatic carbocycles. The Morgan fingerprint density at radius 1 is 1.53 bits per heavy atom. The summed E-state index contributed by atoms with van der Waals surface area (Å²) < 4.78 is 0. The summed E-state index contributed by atoms with van der Waals surface area (Å²) in [5, 5.41) is 10.1. The summed E-state index contributed by atoms with van der Waals surface area (Å²) >= 11 is 5.87. The highest BCUT2D eigenvalue weighted by atomic mass is 35.5. The molecule has 0 aliphatic heterocycles. The number of rotatable bonds is 4. The molecule has 0 spiro atoms. The lowest BCUT2D eigenvalue weighted by atomic mass is 10.2. The van der Waals surface area contributed by atoms with Crippen LogP contribution in [0, 0.1) is 0 Å². The highest BCUT2D eigenvalue weighted by molar-refractivity contribution is 6.30. The number of benzene rings is 1. The zero-order valence-electron chi connectivity index (χ0n) is 10.5. The fourth-order valence-electron chi connectivity index (χ4n) is 1.74. The van der Waals surface area contributed by atoms with E-state index in [9.17, 15) is 4.79 Å². The SMILES string of the molecule is CCc1[nH]nc(C(=O)NCc2cccc(Cl)c2)c1N. The second-order valence-electron chi connectivity index (χ2n) is 4.13. The fourth-order valence-corrected chi connectivity index (χ4v) is 1.96. The summed E-state index contributed by atoms with van der Waals surface area (Å²) in [6, 6.07) is 7.30. The molecule has 4 N–H and O–H groups in total. The molecule has 6 heteroatoms. The molecule has 0 fully saturated rings. The predicted octanol–water partition coefficient (Wildman–Crippen LogP) is 2.14. The van der Waals surface area contributed by atoms with Gasteiger partial charge in [0, 0.05) is 11.6 Å². The van der Waals surface area contributed by atoms with E-state index in [1.54, 1.807) is 12.1 Å². The Morgan fingerprint density at radius 3 is 2.95 bits per heavy atom. The zero-order valence-corrected chi connectivity index (χ0v) is 11.3. The fraction of sp³-hybridized carbons (Fsp3) is 0.231. The Kier molecular flexibility index (Phi) is 4.06. The molecule has 19 heavy (non-hydrogen) atoms. The van der Waals surface area contributed by atoms with Crippen LogP contribution in [-0.4, -0.2) is 16.1 Å². The number of nitrogen functional groups attached to an aromatic ring is 1. The first-order valence-corrected chi connectivity index (χ1v) is 6.35. The first-order chi connectivity index (χ1) is 9.11. The number of anilines is 1. The van der Waals surface area contributed by atoms with E-state index in [0.29, 0.717) is 23.7 Å². The van der Waals surface area contributed by atoms with Gasteiger partial charge in [-0.25, -0.2) is 0 Å². The van der Waals surface area contributed by atoms with Crippen LogP contribution in [0.15, 0.2) is 24.3 Å². The Balaban J connectivity index is 2.03. The standard InChI is InChI=1S/C13H15ClN4O/c1-2-10-11(15)12(18-17-10)13(19)16-7-8-4-3-5-9(14)6-8/h3-6H,2,7,15H2,1H3,(H,16,19)(H,17,18). The number of carbonyl (C=O) groups is 1. The molecular weight excluding hydrogens is 264 g/mol. The minimum Gasteiger partial charge on any atom is -0.395 e. The number of nitrogens with two attached hydrogens (primary N) is 1. The molecule has 0 bridgehead atoms. The van der Waals surface area contributed by atoms with Gasteiger partial charge in [-0.2, -0.15) is 5.10 Å². The molecule has 2 rings (SSSR count). The van der Waals surface area contributed by atoms with Crippen molar-refractivity contribution in [1.29, 1.82) is 0 Å². The van der Waals surface area contributed by atoms with Crippen molar-refractivity contribution in [3.8, 4) is 0 Å². The van der Waals surface area contributed by atoms with Gasteiger partial charge < -0.3 is 11.1 Å². The van der Waals surface area contributed by atoms with Crippen LogP contribution in [0.25, 0.3) is 0 Å². The Morgan fingerprint density at radius 2 is 2.32 bits per heavy atom. The number of aryl methyl sites for hydroxylation is 1. The van der Waals surface area contributed by atoms with Crippen molar-refractivity contribution in [2.24, 2.45) is 0 Å². The molecule has 5 nitrogen and oxygen atoms in total. The molecule has 0 radical (unpaired) electrons. The summed E-state index contributed by atoms with van der Waals surface area (Å²) in [5.41, 5.74) is 8.17. The van der Waals surface area contributed by atoms with E-state index in [4.69, 9.17) is 17.3 Å². The molecule has 0 atom stereocenters. The van der Waals surface area contributed by atoms with Gasteiger partial charge >= 0.3 is 0 Å². The first-order valence-electron chi connectivity index (χ1n) is 5.97. The molecule has 0 aliphatic rings. The monoisotopic (exact) mass is 278 g/mol. The molecule has 0 saturated carbocycles. The van der Waals surface area contributed by atoms with Gasteiger partial charge in [0.15, 0.2) is 5.69 Å². The number of amides is 1. The van der Waals surface area contributed by atoms with Crippen LogP contribution < -0.4 is 11.1 Å². The highest BCUT2D eigenvalue weighted by Crippen LogP contribution is 2.15. The molecule has 1 amide bonds. The van der Waals surface area contributed by atoms with Crippen molar-refractivity contribution >= 4 is 23.2 Å². The van der Waals surface area contributed by atoms with Gasteiger partial charge in [0.1, 0.15) is 0 Å². The molecule has 100 valence electrons. The number of hydrogen-bond acceptors (Lipinski definition) is 3. The van der Waals surface area contributed by atoms with Gasteiger partial charge in [-0.05, 0) is 24.1 Å². The van der Waals surface area contributed by atoms with E-state index >= 15 is 0 Å². The molecule has 1 heterocycles. The number of nitrogens with zero attached hydrogens (tertiary/aromatic N) is 1. The molecule has 0 unspecified atom stereocenters. The Hall–Kier alpha value is -2.01. The molecule has 0 saturated heterocycles. The third-order valence-electron chi connectivity index (χ3n) is 2.79. The topological polar surface area (TPSA) is 83.8 Å². The third kappa shape index (κ3) is 3.06. The largest absolute Gasteiger partial charge is 0.395 e. The smallest absolute Gasteiger partial charge is 0.274 e. The van der Waals surface area contributed by atoms with E-state index in [2.05, 4.69) is 15.5 Å². The lowest BCUT2D eigenvalue weighted by Gasteiger charge is -2.04. The third-order valence-corrected chi connectivity index (χ3v) is 3.03. The minimum atomic E-state index is -0.298. The van der Waals surface area contributed by atoms with Crippen molar-refractivity contribution in [1.82, 2.24) is 15.5 Å². The molecule has 1 aromatic heterocycles. The number of hydrogen-bond donors (Lipinski definition) is 3. The van der Waals surface area contributed by atoms with E-state index in [0.717, 1.165) is 11.3 Å². The van der Waals surface area contributed by atoms with Gasteiger partial charge in [-0.3, -0.25) is 9.89 Å². The lowest BCUT2D eigenvalue weighted by molar-refractivity contribution is 0.0947. The van der Waals surface area contributed by atoms with Crippen molar-refractivity contribution in [2.75, 3.05) is 5.73 Å². The maximum atomic E-state index is 11.9. The van der Waals surface area contributed by atoms with Crippen LogP contribution >= 0.6 is 11.6 Å². The number of nitrogens with one attached hydrogen (secondary N) is 2. The number of halogens is 1. The lowest BCUT2D eigenvalue weighted by Crippen LogP contribution is -2.24. The molecule has 2 aromatic rings. The summed E-state index contributed by atoms with van der Waals surface area (Å²) in [4.78, 5) is 11.9. The Labute approximate surface area is 116 Å². The van der Waals surface area contributed by atoms with Crippen LogP contribution in [0.4, 0.5) is 5.69 Å².